The van der Waals surface area contributed by atoms with Gasteiger partial charge in [0.25, 0.3) is 0 Å². The summed E-state index contributed by atoms with van der Waals surface area (Å²) in [4.78, 5) is 20.8. The number of hydrogen-bond acceptors (Lipinski definition) is 4. The molecular weight excluding hydrogens is 362 g/mol. The van der Waals surface area contributed by atoms with Gasteiger partial charge in [0.1, 0.15) is 5.75 Å². The van der Waals surface area contributed by atoms with Crippen molar-refractivity contribution < 1.29 is 24.5 Å². The van der Waals surface area contributed by atoms with Crippen LogP contribution in [0.3, 0.4) is 0 Å². The van der Waals surface area contributed by atoms with E-state index in [9.17, 15) is 9.59 Å². The highest BCUT2D eigenvalue weighted by Gasteiger charge is 2.09. The summed E-state index contributed by atoms with van der Waals surface area (Å²) in [5.41, 5.74) is 3.00. The third-order valence-corrected chi connectivity index (χ3v) is 3.38. The van der Waals surface area contributed by atoms with E-state index in [1.807, 2.05) is 62.6 Å². The molecule has 0 fully saturated rings. The molecule has 0 aromatic heterocycles. The third-order valence-electron chi connectivity index (χ3n) is 3.38. The molecule has 0 aliphatic carbocycles. The van der Waals surface area contributed by atoms with Gasteiger partial charge in [0.05, 0.1) is 12.8 Å². The summed E-state index contributed by atoms with van der Waals surface area (Å²) in [5.74, 6) is -1.42. The monoisotopic (exact) mass is 385 g/mol. The molecule has 0 bridgehead atoms. The fraction of sp³-hybridized carbons (Fsp3) is 0.150. The van der Waals surface area contributed by atoms with Crippen molar-refractivity contribution in [2.24, 2.45) is 0 Å². The molecular formula is C20H23N3O5. The minimum absolute atomic E-state index is 0.329. The van der Waals surface area contributed by atoms with Crippen LogP contribution in [-0.4, -0.2) is 54.2 Å². The first-order valence-electron chi connectivity index (χ1n) is 8.15. The molecule has 0 heterocycles. The van der Waals surface area contributed by atoms with Crippen molar-refractivity contribution in [2.45, 2.75) is 0 Å². The van der Waals surface area contributed by atoms with Crippen molar-refractivity contribution in [2.75, 3.05) is 26.5 Å². The first-order chi connectivity index (χ1) is 13.2. The van der Waals surface area contributed by atoms with E-state index >= 15 is 0 Å². The Morgan fingerprint density at radius 1 is 1.04 bits per heavy atom. The van der Waals surface area contributed by atoms with Crippen LogP contribution >= 0.6 is 0 Å². The summed E-state index contributed by atoms with van der Waals surface area (Å²) in [6.45, 7) is 0. The minimum atomic E-state index is -1.26. The van der Waals surface area contributed by atoms with E-state index in [1.165, 1.54) is 0 Å². The van der Waals surface area contributed by atoms with Crippen LogP contribution in [-0.2, 0) is 9.59 Å². The second-order valence-electron chi connectivity index (χ2n) is 5.66. The highest BCUT2D eigenvalue weighted by atomic mass is 16.5. The maximum atomic E-state index is 9.55. The van der Waals surface area contributed by atoms with Gasteiger partial charge in [0, 0.05) is 37.9 Å². The Kier molecular flexibility index (Phi) is 8.75. The number of carbonyl (C=O) groups is 2. The Labute approximate surface area is 163 Å². The van der Waals surface area contributed by atoms with Gasteiger partial charge in [-0.25, -0.2) is 9.59 Å². The van der Waals surface area contributed by atoms with Gasteiger partial charge in [-0.3, -0.25) is 5.41 Å². The number of aliphatic carboxylic acids is 2. The van der Waals surface area contributed by atoms with E-state index in [4.69, 9.17) is 20.4 Å². The maximum absolute atomic E-state index is 9.55. The van der Waals surface area contributed by atoms with Crippen LogP contribution in [0.1, 0.15) is 0 Å². The van der Waals surface area contributed by atoms with E-state index in [1.54, 1.807) is 12.0 Å². The Hall–Kier alpha value is -3.81. The molecule has 2 rings (SSSR count). The molecule has 2 aromatic rings. The fourth-order valence-corrected chi connectivity index (χ4v) is 2.01. The van der Waals surface area contributed by atoms with Crippen molar-refractivity contribution in [3.05, 3.63) is 60.7 Å². The topological polar surface area (TPSA) is 123 Å². The maximum Gasteiger partial charge on any atom is 0.328 e. The minimum Gasteiger partial charge on any atom is -0.497 e. The lowest BCUT2D eigenvalue weighted by Crippen LogP contribution is -2.28. The number of methoxy groups -OCH3 is 1. The molecule has 0 saturated carbocycles. The summed E-state index contributed by atoms with van der Waals surface area (Å²) in [6.07, 6.45) is 1.12. The molecule has 0 atom stereocenters. The molecule has 0 amide bonds. The van der Waals surface area contributed by atoms with Crippen LogP contribution in [0.5, 0.6) is 5.75 Å². The smallest absolute Gasteiger partial charge is 0.328 e. The number of carboxylic acids is 2. The van der Waals surface area contributed by atoms with Gasteiger partial charge in [0.2, 0.25) is 0 Å². The van der Waals surface area contributed by atoms with Crippen molar-refractivity contribution in [1.29, 1.82) is 5.41 Å². The number of anilines is 1. The van der Waals surface area contributed by atoms with E-state index in [0.717, 1.165) is 22.6 Å². The van der Waals surface area contributed by atoms with Crippen molar-refractivity contribution >= 4 is 23.6 Å². The zero-order valence-electron chi connectivity index (χ0n) is 15.8. The van der Waals surface area contributed by atoms with Crippen molar-refractivity contribution in [3.8, 4) is 16.9 Å². The summed E-state index contributed by atoms with van der Waals surface area (Å²) in [7, 11) is 5.30. The lowest BCUT2D eigenvalue weighted by Gasteiger charge is -2.18. The zero-order valence-corrected chi connectivity index (χ0v) is 15.8. The Bertz CT molecular complexity index is 832. The second kappa shape index (κ2) is 11.0. The first-order valence-corrected chi connectivity index (χ1v) is 8.15. The summed E-state index contributed by atoms with van der Waals surface area (Å²) < 4.78 is 5.26. The van der Waals surface area contributed by atoms with Gasteiger partial charge in [-0.05, 0) is 17.7 Å². The largest absolute Gasteiger partial charge is 0.497 e. The van der Waals surface area contributed by atoms with Crippen molar-refractivity contribution in [3.63, 3.8) is 0 Å². The van der Waals surface area contributed by atoms with Crippen LogP contribution in [0.4, 0.5) is 5.69 Å². The summed E-state index contributed by atoms with van der Waals surface area (Å²) >= 11 is 0. The number of ether oxygens (including phenoxy) is 1. The molecule has 0 unspecified atom stereocenters. The van der Waals surface area contributed by atoms with Gasteiger partial charge >= 0.3 is 11.9 Å². The zero-order chi connectivity index (χ0) is 21.1. The van der Waals surface area contributed by atoms with Gasteiger partial charge in [-0.15, -0.1) is 0 Å². The summed E-state index contributed by atoms with van der Waals surface area (Å²) in [5, 5.41) is 26.7. The Morgan fingerprint density at radius 3 is 2.07 bits per heavy atom. The summed E-state index contributed by atoms with van der Waals surface area (Å²) in [6, 6.07) is 15.9. The highest BCUT2D eigenvalue weighted by molar-refractivity contribution is 5.96. The number of benzene rings is 2. The van der Waals surface area contributed by atoms with E-state index < -0.39 is 11.9 Å². The first kappa shape index (κ1) is 22.2. The Morgan fingerprint density at radius 2 is 1.61 bits per heavy atom. The molecule has 0 radical (unpaired) electrons. The lowest BCUT2D eigenvalue weighted by atomic mass is 10.0. The van der Waals surface area contributed by atoms with Crippen LogP contribution in [0, 0.1) is 5.41 Å². The van der Waals surface area contributed by atoms with E-state index in [2.05, 4.69) is 5.32 Å². The molecule has 0 spiro atoms. The van der Waals surface area contributed by atoms with Gasteiger partial charge < -0.3 is 25.2 Å². The number of carboxylic acid groups (broad SMARTS) is 2. The molecule has 4 N–H and O–H groups in total. The number of hydrogen-bond donors (Lipinski definition) is 4. The molecule has 0 aliphatic rings. The second-order valence-corrected chi connectivity index (χ2v) is 5.66. The standard InChI is InChI=1S/C16H19N3O.C4H4O4/c1-19(2)16(17)18-15-11-13(20-3)9-10-14(15)12-7-5-4-6-8-12;5-3(6)1-2-4(7)8/h4-11H,1-3H3,(H2,17,18);1-2H,(H,5,6)(H,7,8)/b;2-1+. The van der Waals surface area contributed by atoms with Crippen LogP contribution in [0.2, 0.25) is 0 Å². The number of rotatable bonds is 5. The molecule has 0 saturated heterocycles. The number of nitrogens with one attached hydrogen (secondary N) is 2. The van der Waals surface area contributed by atoms with Gasteiger partial charge in [-0.1, -0.05) is 30.3 Å². The average Bonchev–Trinajstić information content (AvgIpc) is 2.67. The Balaban J connectivity index is 0.000000416. The predicted molar refractivity (Wildman–Crippen MR) is 108 cm³/mol. The van der Waals surface area contributed by atoms with Crippen molar-refractivity contribution in [1.82, 2.24) is 4.90 Å². The normalized spacial score (nSPS) is 9.82. The molecule has 8 nitrogen and oxygen atoms in total. The highest BCUT2D eigenvalue weighted by Crippen LogP contribution is 2.31. The fourth-order valence-electron chi connectivity index (χ4n) is 2.01. The SMILES string of the molecule is COc1ccc(-c2ccccc2)c(NC(=N)N(C)C)c1.O=C(O)/C=C/C(=O)O. The lowest BCUT2D eigenvalue weighted by molar-refractivity contribution is -0.134. The molecule has 2 aromatic carbocycles. The van der Waals surface area contributed by atoms with Crippen LogP contribution < -0.4 is 10.1 Å². The molecule has 8 heteroatoms. The third kappa shape index (κ3) is 7.61. The van der Waals surface area contributed by atoms with Crippen LogP contribution in [0.15, 0.2) is 60.7 Å². The quantitative estimate of drug-likeness (QED) is 0.354. The molecule has 0 aliphatic heterocycles. The van der Waals surface area contributed by atoms with Gasteiger partial charge in [0.15, 0.2) is 5.96 Å². The molecule has 148 valence electrons. The van der Waals surface area contributed by atoms with Crippen LogP contribution in [0.25, 0.3) is 11.1 Å². The average molecular weight is 385 g/mol. The molecule has 28 heavy (non-hydrogen) atoms. The predicted octanol–water partition coefficient (Wildman–Crippen LogP) is 2.98. The van der Waals surface area contributed by atoms with Gasteiger partial charge in [-0.2, -0.15) is 0 Å². The number of nitrogens with zero attached hydrogens (tertiary/aromatic N) is 1. The van der Waals surface area contributed by atoms with E-state index in [0.29, 0.717) is 18.1 Å². The van der Waals surface area contributed by atoms with E-state index in [-0.39, 0.29) is 0 Å². The number of guanidine groups is 1.